The molecule has 1 aliphatic carbocycles. The molecule has 0 aromatic heterocycles. The van der Waals surface area contributed by atoms with Crippen molar-refractivity contribution in [1.82, 2.24) is 4.90 Å². The summed E-state index contributed by atoms with van der Waals surface area (Å²) in [6.45, 7) is 1.96. The van der Waals surface area contributed by atoms with Crippen LogP contribution in [-0.4, -0.2) is 56.4 Å². The lowest BCUT2D eigenvalue weighted by Crippen LogP contribution is -2.40. The minimum atomic E-state index is -0.255. The van der Waals surface area contributed by atoms with Crippen molar-refractivity contribution in [3.8, 4) is 0 Å². The van der Waals surface area contributed by atoms with E-state index < -0.39 is 0 Å². The SMILES string of the molecule is COC1(CN=C(N)N(C)C2CC2)CCOC1.I. The summed E-state index contributed by atoms with van der Waals surface area (Å²) in [6.07, 6.45) is 3.35. The van der Waals surface area contributed by atoms with Crippen LogP contribution >= 0.6 is 24.0 Å². The number of methoxy groups -OCH3 is 1. The van der Waals surface area contributed by atoms with Crippen LogP contribution in [0.3, 0.4) is 0 Å². The first-order valence-electron chi connectivity index (χ1n) is 5.82. The Bertz CT molecular complexity index is 276. The Balaban J connectivity index is 0.00000144. The monoisotopic (exact) mass is 355 g/mol. The van der Waals surface area contributed by atoms with Gasteiger partial charge in [0, 0.05) is 33.2 Å². The lowest BCUT2D eigenvalue weighted by Gasteiger charge is -2.25. The van der Waals surface area contributed by atoms with Gasteiger partial charge in [0.05, 0.1) is 13.2 Å². The van der Waals surface area contributed by atoms with E-state index >= 15 is 0 Å². The molecule has 17 heavy (non-hydrogen) atoms. The van der Waals surface area contributed by atoms with Crippen LogP contribution in [-0.2, 0) is 9.47 Å². The molecule has 0 bridgehead atoms. The van der Waals surface area contributed by atoms with Gasteiger partial charge in [-0.25, -0.2) is 0 Å². The van der Waals surface area contributed by atoms with E-state index in [-0.39, 0.29) is 29.6 Å². The Kier molecular flexibility index (Phi) is 5.46. The van der Waals surface area contributed by atoms with Gasteiger partial charge in [0.25, 0.3) is 0 Å². The Labute approximate surface area is 120 Å². The number of hydrogen-bond acceptors (Lipinski definition) is 3. The van der Waals surface area contributed by atoms with Gasteiger partial charge in [0.1, 0.15) is 5.60 Å². The highest BCUT2D eigenvalue weighted by atomic mass is 127. The van der Waals surface area contributed by atoms with Gasteiger partial charge in [-0.15, -0.1) is 24.0 Å². The van der Waals surface area contributed by atoms with E-state index in [1.54, 1.807) is 7.11 Å². The van der Waals surface area contributed by atoms with Gasteiger partial charge in [-0.3, -0.25) is 4.99 Å². The first-order valence-corrected chi connectivity index (χ1v) is 5.82. The summed E-state index contributed by atoms with van der Waals surface area (Å²) in [4.78, 5) is 6.48. The number of nitrogens with two attached hydrogens (primary N) is 1. The quantitative estimate of drug-likeness (QED) is 0.461. The molecule has 2 fully saturated rings. The van der Waals surface area contributed by atoms with Crippen molar-refractivity contribution in [2.75, 3.05) is 33.9 Å². The van der Waals surface area contributed by atoms with Gasteiger partial charge >= 0.3 is 0 Å². The minimum absolute atomic E-state index is 0. The van der Waals surface area contributed by atoms with Crippen molar-refractivity contribution in [2.45, 2.75) is 30.9 Å². The second kappa shape index (κ2) is 6.19. The zero-order chi connectivity index (χ0) is 11.6. The standard InChI is InChI=1S/C11H21N3O2.HI/c1-14(9-3-4-9)10(12)13-7-11(15-2)5-6-16-8-11;/h9H,3-8H2,1-2H3,(H2,12,13);1H. The van der Waals surface area contributed by atoms with Crippen molar-refractivity contribution in [2.24, 2.45) is 10.7 Å². The van der Waals surface area contributed by atoms with E-state index in [0.717, 1.165) is 13.0 Å². The van der Waals surface area contributed by atoms with Crippen LogP contribution in [0.25, 0.3) is 0 Å². The molecule has 1 heterocycles. The van der Waals surface area contributed by atoms with Crippen LogP contribution in [0.5, 0.6) is 0 Å². The fourth-order valence-corrected chi connectivity index (χ4v) is 1.92. The molecule has 0 aromatic carbocycles. The highest BCUT2D eigenvalue weighted by Gasteiger charge is 2.35. The number of rotatable bonds is 4. The van der Waals surface area contributed by atoms with Gasteiger partial charge in [0.2, 0.25) is 0 Å². The normalized spacial score (nSPS) is 28.9. The molecule has 1 saturated carbocycles. The zero-order valence-corrected chi connectivity index (χ0v) is 12.8. The van der Waals surface area contributed by atoms with Gasteiger partial charge < -0.3 is 20.1 Å². The Hall–Kier alpha value is -0.0800. The highest BCUT2D eigenvalue weighted by Crippen LogP contribution is 2.26. The fraction of sp³-hybridized carbons (Fsp3) is 0.909. The largest absolute Gasteiger partial charge is 0.378 e. The second-order valence-electron chi connectivity index (χ2n) is 4.71. The molecule has 1 saturated heterocycles. The molecule has 1 atom stereocenters. The van der Waals surface area contributed by atoms with Crippen LogP contribution in [0, 0.1) is 0 Å². The van der Waals surface area contributed by atoms with Crippen molar-refractivity contribution in [3.05, 3.63) is 0 Å². The van der Waals surface area contributed by atoms with Crippen LogP contribution in [0.4, 0.5) is 0 Å². The summed E-state index contributed by atoms with van der Waals surface area (Å²) in [5, 5.41) is 0. The number of guanidine groups is 1. The number of hydrogen-bond donors (Lipinski definition) is 1. The lowest BCUT2D eigenvalue weighted by atomic mass is 10.0. The first-order chi connectivity index (χ1) is 7.67. The van der Waals surface area contributed by atoms with Crippen LogP contribution in [0.15, 0.2) is 4.99 Å². The summed E-state index contributed by atoms with van der Waals surface area (Å²) in [5.41, 5.74) is 5.67. The predicted molar refractivity (Wildman–Crippen MR) is 77.9 cm³/mol. The van der Waals surface area contributed by atoms with Crippen LogP contribution < -0.4 is 5.73 Å². The van der Waals surface area contributed by atoms with Crippen molar-refractivity contribution in [1.29, 1.82) is 0 Å². The summed E-state index contributed by atoms with van der Waals surface area (Å²) >= 11 is 0. The molecule has 0 aromatic rings. The summed E-state index contributed by atoms with van der Waals surface area (Å²) in [5.74, 6) is 0.617. The predicted octanol–water partition coefficient (Wildman–Crippen LogP) is 0.819. The molecule has 100 valence electrons. The first kappa shape index (κ1) is 15.0. The average molecular weight is 355 g/mol. The molecule has 5 nitrogen and oxygen atoms in total. The van der Waals surface area contributed by atoms with Crippen molar-refractivity contribution < 1.29 is 9.47 Å². The van der Waals surface area contributed by atoms with Gasteiger partial charge in [-0.05, 0) is 12.8 Å². The Morgan fingerprint density at radius 2 is 2.29 bits per heavy atom. The molecular formula is C11H22IN3O2. The molecule has 1 unspecified atom stereocenters. The number of halogens is 1. The van der Waals surface area contributed by atoms with Gasteiger partial charge in [0.15, 0.2) is 5.96 Å². The highest BCUT2D eigenvalue weighted by molar-refractivity contribution is 14.0. The van der Waals surface area contributed by atoms with Crippen molar-refractivity contribution >= 4 is 29.9 Å². The summed E-state index contributed by atoms with van der Waals surface area (Å²) in [7, 11) is 3.71. The van der Waals surface area contributed by atoms with E-state index in [2.05, 4.69) is 9.89 Å². The molecule has 2 N–H and O–H groups in total. The number of nitrogens with zero attached hydrogens (tertiary/aromatic N) is 2. The molecule has 6 heteroatoms. The van der Waals surface area contributed by atoms with Crippen LogP contribution in [0.2, 0.25) is 0 Å². The molecule has 0 radical (unpaired) electrons. The molecular weight excluding hydrogens is 333 g/mol. The zero-order valence-electron chi connectivity index (χ0n) is 10.5. The number of aliphatic imine (C=N–C) groups is 1. The summed E-state index contributed by atoms with van der Waals surface area (Å²) in [6, 6.07) is 0.599. The molecule has 2 aliphatic rings. The average Bonchev–Trinajstić information content (AvgIpc) is 3.05. The molecule has 1 aliphatic heterocycles. The maximum atomic E-state index is 5.93. The minimum Gasteiger partial charge on any atom is -0.378 e. The van der Waals surface area contributed by atoms with Crippen LogP contribution in [0.1, 0.15) is 19.3 Å². The third-order valence-corrected chi connectivity index (χ3v) is 3.49. The topological polar surface area (TPSA) is 60.1 Å². The van der Waals surface area contributed by atoms with Gasteiger partial charge in [-0.1, -0.05) is 0 Å². The summed E-state index contributed by atoms with van der Waals surface area (Å²) < 4.78 is 10.9. The third kappa shape index (κ3) is 3.69. The second-order valence-corrected chi connectivity index (χ2v) is 4.71. The molecule has 0 spiro atoms. The molecule has 2 rings (SSSR count). The third-order valence-electron chi connectivity index (χ3n) is 3.49. The van der Waals surface area contributed by atoms with E-state index in [1.165, 1.54) is 12.8 Å². The number of ether oxygens (including phenoxy) is 2. The lowest BCUT2D eigenvalue weighted by molar-refractivity contribution is -0.00916. The van der Waals surface area contributed by atoms with E-state index in [9.17, 15) is 0 Å². The van der Waals surface area contributed by atoms with E-state index in [0.29, 0.717) is 25.2 Å². The fourth-order valence-electron chi connectivity index (χ4n) is 1.92. The van der Waals surface area contributed by atoms with E-state index in [1.807, 2.05) is 7.05 Å². The Morgan fingerprint density at radius 1 is 1.59 bits per heavy atom. The maximum Gasteiger partial charge on any atom is 0.191 e. The smallest absolute Gasteiger partial charge is 0.191 e. The molecule has 0 amide bonds. The van der Waals surface area contributed by atoms with Crippen molar-refractivity contribution in [3.63, 3.8) is 0 Å². The maximum absolute atomic E-state index is 5.93. The van der Waals surface area contributed by atoms with Gasteiger partial charge in [-0.2, -0.15) is 0 Å². The Morgan fingerprint density at radius 3 is 2.76 bits per heavy atom. The van der Waals surface area contributed by atoms with E-state index in [4.69, 9.17) is 15.2 Å².